The minimum atomic E-state index is -0.498. The molecule has 0 bridgehead atoms. The van der Waals surface area contributed by atoms with E-state index in [9.17, 15) is 9.18 Å². The molecular formula is C23H24FN5O4S. The van der Waals surface area contributed by atoms with Crippen LogP contribution < -0.4 is 19.7 Å². The molecule has 3 heterocycles. The van der Waals surface area contributed by atoms with Gasteiger partial charge < -0.3 is 24.4 Å². The molecule has 3 aromatic rings. The van der Waals surface area contributed by atoms with Gasteiger partial charge in [0.25, 0.3) is 0 Å². The Bertz CT molecular complexity index is 1180. The number of rotatable bonds is 6. The lowest BCUT2D eigenvalue weighted by molar-refractivity contribution is -0.115. The van der Waals surface area contributed by atoms with Gasteiger partial charge in [-0.2, -0.15) is 0 Å². The van der Waals surface area contributed by atoms with Crippen LogP contribution in [0.2, 0.25) is 0 Å². The maximum Gasteiger partial charge on any atom is 0.237 e. The number of fused-ring (bicyclic) bond motifs is 1. The third kappa shape index (κ3) is 4.80. The molecule has 1 aromatic heterocycles. The number of morpholine rings is 1. The van der Waals surface area contributed by atoms with Gasteiger partial charge in [-0.1, -0.05) is 17.8 Å². The molecule has 2 aromatic carbocycles. The first-order chi connectivity index (χ1) is 16.6. The van der Waals surface area contributed by atoms with E-state index in [2.05, 4.69) is 15.5 Å². The number of carbonyl (C=O) groups excluding carboxylic acids is 1. The van der Waals surface area contributed by atoms with Gasteiger partial charge in [0.1, 0.15) is 19.0 Å². The standard InChI is InChI=1S/C23H24FN5O4S/c1-15(21(30)25-17-5-6-19-20(14-17)33-12-11-32-19)34-23-27-26-22(28-7-9-31-10-8-28)29(23)18-4-2-3-16(24)13-18/h2-6,13-15H,7-12H2,1H3,(H,25,30)/t15-/m1/s1. The van der Waals surface area contributed by atoms with E-state index in [1.165, 1.54) is 23.9 Å². The summed E-state index contributed by atoms with van der Waals surface area (Å²) in [6, 6.07) is 11.5. The number of benzene rings is 2. The van der Waals surface area contributed by atoms with Crippen LogP contribution in [0.25, 0.3) is 5.69 Å². The van der Waals surface area contributed by atoms with Gasteiger partial charge in [-0.05, 0) is 37.3 Å². The molecule has 1 amide bonds. The smallest absolute Gasteiger partial charge is 0.237 e. The molecule has 5 rings (SSSR count). The van der Waals surface area contributed by atoms with Crippen LogP contribution in [0.5, 0.6) is 11.5 Å². The van der Waals surface area contributed by atoms with Crippen LogP contribution in [0.3, 0.4) is 0 Å². The summed E-state index contributed by atoms with van der Waals surface area (Å²) in [6.45, 7) is 5.22. The maximum atomic E-state index is 14.0. The van der Waals surface area contributed by atoms with Crippen LogP contribution in [-0.4, -0.2) is 65.4 Å². The molecule has 178 valence electrons. The summed E-state index contributed by atoms with van der Waals surface area (Å²) < 4.78 is 32.4. The number of halogens is 1. The second-order valence-electron chi connectivity index (χ2n) is 7.81. The molecule has 1 atom stereocenters. The molecule has 0 aliphatic carbocycles. The van der Waals surface area contributed by atoms with Crippen molar-refractivity contribution in [3.8, 4) is 17.2 Å². The number of anilines is 2. The number of amides is 1. The quantitative estimate of drug-likeness (QED) is 0.533. The van der Waals surface area contributed by atoms with Gasteiger partial charge in [0.05, 0.1) is 24.2 Å². The number of carbonyl (C=O) groups is 1. The van der Waals surface area contributed by atoms with Gasteiger partial charge >= 0.3 is 0 Å². The number of hydrogen-bond acceptors (Lipinski definition) is 8. The number of nitrogens with one attached hydrogen (secondary N) is 1. The van der Waals surface area contributed by atoms with Crippen molar-refractivity contribution in [1.29, 1.82) is 0 Å². The van der Waals surface area contributed by atoms with E-state index in [4.69, 9.17) is 14.2 Å². The number of hydrogen-bond donors (Lipinski definition) is 1. The zero-order valence-corrected chi connectivity index (χ0v) is 19.4. The molecule has 9 nitrogen and oxygen atoms in total. The highest BCUT2D eigenvalue weighted by Crippen LogP contribution is 2.34. The summed E-state index contributed by atoms with van der Waals surface area (Å²) in [5.74, 6) is 1.29. The van der Waals surface area contributed by atoms with Crippen LogP contribution in [0, 0.1) is 5.82 Å². The Morgan fingerprint density at radius 1 is 1.06 bits per heavy atom. The fourth-order valence-electron chi connectivity index (χ4n) is 3.72. The summed E-state index contributed by atoms with van der Waals surface area (Å²) >= 11 is 1.25. The van der Waals surface area contributed by atoms with Crippen molar-refractivity contribution >= 4 is 29.3 Å². The van der Waals surface area contributed by atoms with E-state index in [1.54, 1.807) is 41.8 Å². The SMILES string of the molecule is C[C@@H](Sc1nnc(N2CCOCC2)n1-c1cccc(F)c1)C(=O)Nc1ccc2c(c1)OCCO2. The lowest BCUT2D eigenvalue weighted by Gasteiger charge is -2.28. The Hall–Kier alpha value is -3.31. The van der Waals surface area contributed by atoms with Gasteiger partial charge in [0.2, 0.25) is 11.9 Å². The first-order valence-electron chi connectivity index (χ1n) is 11.0. The highest BCUT2D eigenvalue weighted by atomic mass is 32.2. The zero-order chi connectivity index (χ0) is 23.5. The molecule has 0 unspecified atom stereocenters. The summed E-state index contributed by atoms with van der Waals surface area (Å²) in [5.41, 5.74) is 1.20. The minimum Gasteiger partial charge on any atom is -0.486 e. The van der Waals surface area contributed by atoms with Gasteiger partial charge in [-0.3, -0.25) is 9.36 Å². The Balaban J connectivity index is 1.36. The summed E-state index contributed by atoms with van der Waals surface area (Å²) in [7, 11) is 0. The third-order valence-electron chi connectivity index (χ3n) is 5.44. The van der Waals surface area contributed by atoms with E-state index in [0.29, 0.717) is 73.5 Å². The average molecular weight is 486 g/mol. The summed E-state index contributed by atoms with van der Waals surface area (Å²) in [6.07, 6.45) is 0. The molecule has 0 saturated carbocycles. The van der Waals surface area contributed by atoms with Gasteiger partial charge in [0.15, 0.2) is 16.7 Å². The predicted octanol–water partition coefficient (Wildman–Crippen LogP) is 3.13. The normalized spacial score (nSPS) is 16.2. The summed E-state index contributed by atoms with van der Waals surface area (Å²) in [5, 5.41) is 11.6. The van der Waals surface area contributed by atoms with Gasteiger partial charge in [-0.25, -0.2) is 4.39 Å². The van der Waals surface area contributed by atoms with Crippen molar-refractivity contribution in [2.75, 3.05) is 49.7 Å². The minimum absolute atomic E-state index is 0.205. The van der Waals surface area contributed by atoms with E-state index in [0.717, 1.165) is 0 Å². The molecule has 2 aliphatic heterocycles. The van der Waals surface area contributed by atoms with E-state index in [1.807, 2.05) is 4.90 Å². The Morgan fingerprint density at radius 3 is 2.65 bits per heavy atom. The number of thioether (sulfide) groups is 1. The lowest BCUT2D eigenvalue weighted by atomic mass is 10.2. The third-order valence-corrected chi connectivity index (χ3v) is 6.48. The zero-order valence-electron chi connectivity index (χ0n) is 18.6. The van der Waals surface area contributed by atoms with Crippen molar-refractivity contribution in [3.63, 3.8) is 0 Å². The Labute approximate surface area is 200 Å². The van der Waals surface area contributed by atoms with Crippen LogP contribution in [0.1, 0.15) is 6.92 Å². The molecular weight excluding hydrogens is 461 g/mol. The maximum absolute atomic E-state index is 14.0. The van der Waals surface area contributed by atoms with Crippen molar-refractivity contribution in [1.82, 2.24) is 14.8 Å². The first-order valence-corrected chi connectivity index (χ1v) is 11.9. The fraction of sp³-hybridized carbons (Fsp3) is 0.348. The monoisotopic (exact) mass is 485 g/mol. The molecule has 1 saturated heterocycles. The molecule has 2 aliphatic rings. The van der Waals surface area contributed by atoms with Crippen LogP contribution in [0.4, 0.5) is 16.0 Å². The van der Waals surface area contributed by atoms with Gasteiger partial charge in [-0.15, -0.1) is 10.2 Å². The molecule has 34 heavy (non-hydrogen) atoms. The van der Waals surface area contributed by atoms with Crippen LogP contribution in [-0.2, 0) is 9.53 Å². The fourth-order valence-corrected chi connectivity index (χ4v) is 4.59. The highest BCUT2D eigenvalue weighted by Gasteiger charge is 2.25. The predicted molar refractivity (Wildman–Crippen MR) is 126 cm³/mol. The van der Waals surface area contributed by atoms with Crippen LogP contribution in [0.15, 0.2) is 47.6 Å². The molecule has 1 N–H and O–H groups in total. The summed E-state index contributed by atoms with van der Waals surface area (Å²) in [4.78, 5) is 15.0. The van der Waals surface area contributed by atoms with Crippen molar-refractivity contribution in [3.05, 3.63) is 48.3 Å². The topological polar surface area (TPSA) is 90.7 Å². The van der Waals surface area contributed by atoms with E-state index < -0.39 is 5.25 Å². The van der Waals surface area contributed by atoms with E-state index >= 15 is 0 Å². The Morgan fingerprint density at radius 2 is 1.85 bits per heavy atom. The second kappa shape index (κ2) is 9.90. The number of nitrogens with zero attached hydrogens (tertiary/aromatic N) is 4. The lowest BCUT2D eigenvalue weighted by Crippen LogP contribution is -2.38. The number of ether oxygens (including phenoxy) is 3. The Kier molecular flexibility index (Phi) is 6.54. The van der Waals surface area contributed by atoms with Crippen molar-refractivity contribution < 1.29 is 23.4 Å². The number of aromatic nitrogens is 3. The largest absolute Gasteiger partial charge is 0.486 e. The molecule has 0 spiro atoms. The molecule has 0 radical (unpaired) electrons. The van der Waals surface area contributed by atoms with Crippen LogP contribution >= 0.6 is 11.8 Å². The molecule has 11 heteroatoms. The average Bonchev–Trinajstić information content (AvgIpc) is 3.28. The molecule has 1 fully saturated rings. The van der Waals surface area contributed by atoms with E-state index in [-0.39, 0.29) is 11.7 Å². The van der Waals surface area contributed by atoms with Gasteiger partial charge in [0, 0.05) is 24.8 Å². The first kappa shape index (κ1) is 22.5. The highest BCUT2D eigenvalue weighted by molar-refractivity contribution is 8.00. The second-order valence-corrected chi connectivity index (χ2v) is 9.11. The van der Waals surface area contributed by atoms with Crippen molar-refractivity contribution in [2.45, 2.75) is 17.3 Å². The van der Waals surface area contributed by atoms with Crippen molar-refractivity contribution in [2.24, 2.45) is 0 Å².